The number of fused-ring (bicyclic) bond motifs is 1. The maximum Gasteiger partial charge on any atom is 0.0966 e. The van der Waals surface area contributed by atoms with Gasteiger partial charge in [0.2, 0.25) is 0 Å². The summed E-state index contributed by atoms with van der Waals surface area (Å²) in [6, 6.07) is 8.69. The molecule has 0 aromatic heterocycles. The average Bonchev–Trinajstić information content (AvgIpc) is 2.40. The third-order valence-corrected chi connectivity index (χ3v) is 4.15. The number of hydrogen-bond acceptors (Lipinski definition) is 1. The van der Waals surface area contributed by atoms with Crippen LogP contribution in [0.2, 0.25) is 0 Å². The normalized spacial score (nSPS) is 22.4. The molecule has 1 heteroatoms. The second-order valence-electron chi connectivity index (χ2n) is 5.47. The van der Waals surface area contributed by atoms with Crippen LogP contribution in [0.15, 0.2) is 24.3 Å². The lowest BCUT2D eigenvalue weighted by molar-refractivity contribution is 0.235. The minimum absolute atomic E-state index is 0.918. The van der Waals surface area contributed by atoms with Gasteiger partial charge in [0.1, 0.15) is 0 Å². The molecular formula is C16H21N. The van der Waals surface area contributed by atoms with E-state index in [2.05, 4.69) is 35.7 Å². The van der Waals surface area contributed by atoms with E-state index >= 15 is 0 Å². The van der Waals surface area contributed by atoms with Gasteiger partial charge in [-0.25, -0.2) is 0 Å². The number of benzene rings is 1. The third kappa shape index (κ3) is 2.71. The molecule has 1 aliphatic carbocycles. The summed E-state index contributed by atoms with van der Waals surface area (Å²) in [6.07, 6.45) is 8.38. The highest BCUT2D eigenvalue weighted by Crippen LogP contribution is 2.27. The number of hydrogen-bond donors (Lipinski definition) is 0. The Labute approximate surface area is 105 Å². The standard InChI is InChI=1S/C16H21N/c1-2-6-14(7-3-1)12-17-11-10-15-8-4-5-9-16(15)13-17/h4-5,8-9,14H,1-3,6-7,10-12H2. The van der Waals surface area contributed by atoms with Crippen LogP contribution in [-0.4, -0.2) is 18.0 Å². The van der Waals surface area contributed by atoms with Crippen LogP contribution >= 0.6 is 0 Å². The van der Waals surface area contributed by atoms with Gasteiger partial charge in [0.25, 0.3) is 0 Å². The van der Waals surface area contributed by atoms with E-state index in [-0.39, 0.29) is 0 Å². The van der Waals surface area contributed by atoms with Crippen LogP contribution in [0.4, 0.5) is 0 Å². The van der Waals surface area contributed by atoms with Crippen molar-refractivity contribution in [3.63, 3.8) is 0 Å². The van der Waals surface area contributed by atoms with Crippen LogP contribution in [0.25, 0.3) is 0 Å². The molecule has 0 unspecified atom stereocenters. The zero-order valence-corrected chi connectivity index (χ0v) is 10.5. The molecule has 2 radical (unpaired) electrons. The molecule has 90 valence electrons. The van der Waals surface area contributed by atoms with Gasteiger partial charge < -0.3 is 0 Å². The zero-order valence-electron chi connectivity index (χ0n) is 10.5. The van der Waals surface area contributed by atoms with Gasteiger partial charge in [-0.15, -0.1) is 0 Å². The van der Waals surface area contributed by atoms with E-state index < -0.39 is 0 Å². The predicted molar refractivity (Wildman–Crippen MR) is 70.6 cm³/mol. The summed E-state index contributed by atoms with van der Waals surface area (Å²) in [5.74, 6) is 0.918. The predicted octanol–water partition coefficient (Wildman–Crippen LogP) is 3.51. The second-order valence-corrected chi connectivity index (χ2v) is 5.47. The Bertz CT molecular complexity index is 366. The van der Waals surface area contributed by atoms with E-state index in [0.29, 0.717) is 0 Å². The van der Waals surface area contributed by atoms with Crippen molar-refractivity contribution in [1.29, 1.82) is 0 Å². The summed E-state index contributed by atoms with van der Waals surface area (Å²) in [4.78, 5) is 2.43. The summed E-state index contributed by atoms with van der Waals surface area (Å²) in [5, 5.41) is 0. The largest absolute Gasteiger partial charge is 0.289 e. The summed E-state index contributed by atoms with van der Waals surface area (Å²) >= 11 is 0. The number of nitrogens with zero attached hydrogens (tertiary/aromatic N) is 1. The Kier molecular flexibility index (Phi) is 3.46. The van der Waals surface area contributed by atoms with Gasteiger partial charge in [0.05, 0.1) is 6.54 Å². The van der Waals surface area contributed by atoms with Crippen LogP contribution in [0.5, 0.6) is 0 Å². The molecule has 0 N–H and O–H groups in total. The first-order valence-electron chi connectivity index (χ1n) is 7.01. The molecule has 1 aliphatic heterocycles. The minimum Gasteiger partial charge on any atom is -0.289 e. The van der Waals surface area contributed by atoms with Crippen molar-refractivity contribution in [2.24, 2.45) is 5.92 Å². The average molecular weight is 227 g/mol. The molecule has 2 aliphatic rings. The summed E-state index contributed by atoms with van der Waals surface area (Å²) < 4.78 is 0. The molecule has 1 nitrogen and oxygen atoms in total. The topological polar surface area (TPSA) is 3.24 Å². The van der Waals surface area contributed by atoms with E-state index in [0.717, 1.165) is 12.5 Å². The van der Waals surface area contributed by atoms with E-state index in [1.165, 1.54) is 56.2 Å². The van der Waals surface area contributed by atoms with Crippen molar-refractivity contribution >= 4 is 0 Å². The van der Waals surface area contributed by atoms with Crippen molar-refractivity contribution in [3.8, 4) is 0 Å². The maximum absolute atomic E-state index is 3.58. The SMILES string of the molecule is [C]1c2ccccc2CCN1CC1CCCCC1. The quantitative estimate of drug-likeness (QED) is 0.747. The fourth-order valence-electron chi connectivity index (χ4n) is 3.15. The van der Waals surface area contributed by atoms with Crippen LogP contribution in [0, 0.1) is 12.5 Å². The highest BCUT2D eigenvalue weighted by Gasteiger charge is 2.21. The van der Waals surface area contributed by atoms with Crippen LogP contribution in [0.3, 0.4) is 0 Å². The molecular weight excluding hydrogens is 206 g/mol. The van der Waals surface area contributed by atoms with Crippen LogP contribution in [-0.2, 0) is 6.42 Å². The van der Waals surface area contributed by atoms with Crippen LogP contribution < -0.4 is 0 Å². The Morgan fingerprint density at radius 2 is 1.94 bits per heavy atom. The van der Waals surface area contributed by atoms with Crippen molar-refractivity contribution in [2.75, 3.05) is 13.1 Å². The fourth-order valence-corrected chi connectivity index (χ4v) is 3.15. The first kappa shape index (κ1) is 11.3. The lowest BCUT2D eigenvalue weighted by Crippen LogP contribution is -2.33. The minimum atomic E-state index is 0.918. The second kappa shape index (κ2) is 5.22. The van der Waals surface area contributed by atoms with Gasteiger partial charge in [0.15, 0.2) is 0 Å². The molecule has 1 fully saturated rings. The monoisotopic (exact) mass is 227 g/mol. The smallest absolute Gasteiger partial charge is 0.0966 e. The van der Waals surface area contributed by atoms with Crippen molar-refractivity contribution < 1.29 is 0 Å². The Hall–Kier alpha value is -0.820. The van der Waals surface area contributed by atoms with Crippen molar-refractivity contribution in [1.82, 2.24) is 4.90 Å². The van der Waals surface area contributed by atoms with Gasteiger partial charge >= 0.3 is 0 Å². The molecule has 1 aromatic rings. The molecule has 0 saturated heterocycles. The Morgan fingerprint density at radius 1 is 1.12 bits per heavy atom. The summed E-state index contributed by atoms with van der Waals surface area (Å²) in [7, 11) is 0. The van der Waals surface area contributed by atoms with Crippen molar-refractivity contribution in [3.05, 3.63) is 41.9 Å². The zero-order chi connectivity index (χ0) is 11.5. The molecule has 0 bridgehead atoms. The Balaban J connectivity index is 1.60. The lowest BCUT2D eigenvalue weighted by atomic mass is 9.88. The first-order chi connectivity index (χ1) is 8.42. The van der Waals surface area contributed by atoms with E-state index in [1.807, 2.05) is 0 Å². The highest BCUT2D eigenvalue weighted by molar-refractivity contribution is 5.34. The summed E-state index contributed by atoms with van der Waals surface area (Å²) in [6.45, 7) is 5.97. The highest BCUT2D eigenvalue weighted by atomic mass is 15.1. The molecule has 17 heavy (non-hydrogen) atoms. The van der Waals surface area contributed by atoms with Gasteiger partial charge in [0, 0.05) is 13.1 Å². The third-order valence-electron chi connectivity index (χ3n) is 4.15. The van der Waals surface area contributed by atoms with E-state index in [1.54, 1.807) is 0 Å². The molecule has 0 atom stereocenters. The van der Waals surface area contributed by atoms with Gasteiger partial charge in [-0.2, -0.15) is 0 Å². The van der Waals surface area contributed by atoms with Gasteiger partial charge in [-0.3, -0.25) is 4.90 Å². The molecule has 1 heterocycles. The first-order valence-corrected chi connectivity index (χ1v) is 7.01. The molecule has 0 spiro atoms. The van der Waals surface area contributed by atoms with Crippen LogP contribution in [0.1, 0.15) is 43.2 Å². The fraction of sp³-hybridized carbons (Fsp3) is 0.562. The van der Waals surface area contributed by atoms with E-state index in [9.17, 15) is 0 Å². The molecule has 1 saturated carbocycles. The van der Waals surface area contributed by atoms with Crippen molar-refractivity contribution in [2.45, 2.75) is 38.5 Å². The molecule has 0 amide bonds. The Morgan fingerprint density at radius 3 is 2.82 bits per heavy atom. The molecule has 1 aromatic carbocycles. The van der Waals surface area contributed by atoms with E-state index in [4.69, 9.17) is 0 Å². The molecule has 3 rings (SSSR count). The van der Waals surface area contributed by atoms with Gasteiger partial charge in [-0.1, -0.05) is 43.5 Å². The van der Waals surface area contributed by atoms with Gasteiger partial charge in [-0.05, 0) is 36.3 Å². The summed E-state index contributed by atoms with van der Waals surface area (Å²) in [5.41, 5.74) is 2.78. The number of rotatable bonds is 2. The maximum atomic E-state index is 3.58. The lowest BCUT2D eigenvalue weighted by Gasteiger charge is -2.32.